The van der Waals surface area contributed by atoms with Gasteiger partial charge in [0.1, 0.15) is 4.88 Å². The highest BCUT2D eigenvalue weighted by Gasteiger charge is 2.47. The number of anilines is 1. The number of rotatable bonds is 2. The maximum Gasteiger partial charge on any atom is 0.348 e. The van der Waals surface area contributed by atoms with Gasteiger partial charge >= 0.3 is 5.97 Å². The molecule has 2 heterocycles. The zero-order valence-corrected chi connectivity index (χ0v) is 11.1. The Morgan fingerprint density at radius 1 is 1.44 bits per heavy atom. The van der Waals surface area contributed by atoms with Crippen LogP contribution in [0.3, 0.4) is 0 Å². The fraction of sp³-hybridized carbons (Fsp3) is 0.417. The number of hydrogen-bond donors (Lipinski definition) is 1. The van der Waals surface area contributed by atoms with E-state index in [1.165, 1.54) is 0 Å². The molecule has 0 saturated carbocycles. The van der Waals surface area contributed by atoms with Crippen molar-refractivity contribution in [3.05, 3.63) is 15.8 Å². The molecular formula is C12H13NO4S. The number of carboxylic acid groups (broad SMARTS) is 1. The number of carbonyl (C=O) groups is 3. The van der Waals surface area contributed by atoms with E-state index in [-0.39, 0.29) is 28.8 Å². The molecule has 0 bridgehead atoms. The molecule has 18 heavy (non-hydrogen) atoms. The second kappa shape index (κ2) is 3.91. The molecule has 1 fully saturated rings. The Balaban J connectivity index is 2.57. The van der Waals surface area contributed by atoms with E-state index in [0.717, 1.165) is 16.2 Å². The van der Waals surface area contributed by atoms with Gasteiger partial charge in [-0.1, -0.05) is 13.8 Å². The van der Waals surface area contributed by atoms with Crippen molar-refractivity contribution in [3.8, 4) is 0 Å². The topological polar surface area (TPSA) is 74.7 Å². The molecule has 5 nitrogen and oxygen atoms in total. The van der Waals surface area contributed by atoms with E-state index in [9.17, 15) is 14.4 Å². The van der Waals surface area contributed by atoms with Gasteiger partial charge in [-0.15, -0.1) is 11.3 Å². The number of carboxylic acids is 1. The molecule has 1 saturated heterocycles. The van der Waals surface area contributed by atoms with Gasteiger partial charge in [0.05, 0.1) is 11.1 Å². The number of imide groups is 1. The van der Waals surface area contributed by atoms with Crippen LogP contribution in [0.15, 0.2) is 5.38 Å². The van der Waals surface area contributed by atoms with Crippen molar-refractivity contribution in [2.24, 2.45) is 5.41 Å². The molecule has 2 amide bonds. The first-order valence-electron chi connectivity index (χ1n) is 5.44. The van der Waals surface area contributed by atoms with Crippen LogP contribution in [0.2, 0.25) is 0 Å². The molecule has 0 radical (unpaired) electrons. The Morgan fingerprint density at radius 3 is 2.50 bits per heavy atom. The van der Waals surface area contributed by atoms with Gasteiger partial charge in [-0.05, 0) is 17.9 Å². The number of hydrogen-bond acceptors (Lipinski definition) is 4. The molecule has 1 aliphatic heterocycles. The lowest BCUT2D eigenvalue weighted by Crippen LogP contribution is -2.34. The Hall–Kier alpha value is -1.69. The average molecular weight is 267 g/mol. The third kappa shape index (κ3) is 1.73. The van der Waals surface area contributed by atoms with Crippen LogP contribution >= 0.6 is 11.3 Å². The van der Waals surface area contributed by atoms with Gasteiger partial charge in [-0.3, -0.25) is 9.59 Å². The first-order valence-corrected chi connectivity index (χ1v) is 6.32. The zero-order valence-electron chi connectivity index (χ0n) is 10.3. The average Bonchev–Trinajstić information content (AvgIpc) is 2.68. The van der Waals surface area contributed by atoms with Crippen molar-refractivity contribution < 1.29 is 19.5 Å². The number of aryl methyl sites for hydroxylation is 1. The van der Waals surface area contributed by atoms with Crippen LogP contribution in [0.25, 0.3) is 0 Å². The summed E-state index contributed by atoms with van der Waals surface area (Å²) in [6.45, 7) is 5.08. The van der Waals surface area contributed by atoms with Crippen molar-refractivity contribution in [1.29, 1.82) is 0 Å². The van der Waals surface area contributed by atoms with E-state index in [1.807, 2.05) is 0 Å². The third-order valence-corrected chi connectivity index (χ3v) is 4.06. The van der Waals surface area contributed by atoms with Crippen molar-refractivity contribution >= 4 is 34.8 Å². The molecule has 0 unspecified atom stereocenters. The highest BCUT2D eigenvalue weighted by molar-refractivity contribution is 7.12. The van der Waals surface area contributed by atoms with Crippen LogP contribution in [0, 0.1) is 12.3 Å². The van der Waals surface area contributed by atoms with Gasteiger partial charge in [-0.2, -0.15) is 0 Å². The van der Waals surface area contributed by atoms with Crippen molar-refractivity contribution in [2.45, 2.75) is 27.2 Å². The molecule has 6 heteroatoms. The lowest BCUT2D eigenvalue weighted by atomic mass is 9.92. The predicted octanol–water partition coefficient (Wildman–Crippen LogP) is 2.04. The SMILES string of the molecule is Cc1csc(C(=O)O)c1N1C(=O)CC(C)(C)C1=O. The molecule has 2 rings (SSSR count). The minimum atomic E-state index is -1.12. The summed E-state index contributed by atoms with van der Waals surface area (Å²) in [4.78, 5) is 36.3. The van der Waals surface area contributed by atoms with Gasteiger partial charge in [0.25, 0.3) is 0 Å². The van der Waals surface area contributed by atoms with Gasteiger partial charge in [0.2, 0.25) is 11.8 Å². The van der Waals surface area contributed by atoms with Gasteiger partial charge in [-0.25, -0.2) is 9.69 Å². The van der Waals surface area contributed by atoms with Crippen molar-refractivity contribution in [2.75, 3.05) is 4.90 Å². The third-order valence-electron chi connectivity index (χ3n) is 2.98. The summed E-state index contributed by atoms with van der Waals surface area (Å²) in [5.74, 6) is -1.79. The normalized spacial score (nSPS) is 18.5. The van der Waals surface area contributed by atoms with Crippen molar-refractivity contribution in [1.82, 2.24) is 0 Å². The Kier molecular flexibility index (Phi) is 2.77. The maximum absolute atomic E-state index is 12.2. The summed E-state index contributed by atoms with van der Waals surface area (Å²) in [7, 11) is 0. The van der Waals surface area contributed by atoms with Gasteiger partial charge in [0, 0.05) is 6.42 Å². The van der Waals surface area contributed by atoms with Crippen LogP contribution in [0.5, 0.6) is 0 Å². The first kappa shape index (κ1) is 12.8. The fourth-order valence-corrected chi connectivity index (χ4v) is 2.91. The highest BCUT2D eigenvalue weighted by Crippen LogP contribution is 2.40. The monoisotopic (exact) mass is 267 g/mol. The molecule has 1 N–H and O–H groups in total. The minimum absolute atomic E-state index is 0.0342. The molecule has 0 atom stereocenters. The Morgan fingerprint density at radius 2 is 2.06 bits per heavy atom. The smallest absolute Gasteiger partial charge is 0.348 e. The lowest BCUT2D eigenvalue weighted by Gasteiger charge is -2.18. The van der Waals surface area contributed by atoms with E-state index < -0.39 is 11.4 Å². The molecule has 96 valence electrons. The van der Waals surface area contributed by atoms with E-state index in [0.29, 0.717) is 5.56 Å². The second-order valence-corrected chi connectivity index (χ2v) is 5.88. The van der Waals surface area contributed by atoms with Crippen LogP contribution in [-0.2, 0) is 9.59 Å². The van der Waals surface area contributed by atoms with E-state index in [2.05, 4.69) is 0 Å². The molecular weight excluding hydrogens is 254 g/mol. The van der Waals surface area contributed by atoms with E-state index >= 15 is 0 Å². The summed E-state index contributed by atoms with van der Waals surface area (Å²) < 4.78 is 0. The maximum atomic E-state index is 12.2. The first-order chi connectivity index (χ1) is 8.25. The Bertz CT molecular complexity index is 558. The number of nitrogens with zero attached hydrogens (tertiary/aromatic N) is 1. The van der Waals surface area contributed by atoms with E-state index in [1.54, 1.807) is 26.2 Å². The molecule has 0 spiro atoms. The van der Waals surface area contributed by atoms with Crippen LogP contribution in [-0.4, -0.2) is 22.9 Å². The summed E-state index contributed by atoms with van der Waals surface area (Å²) in [6, 6.07) is 0. The standard InChI is InChI=1S/C12H13NO4S/c1-6-5-18-9(10(15)16)8(6)13-7(14)4-12(2,3)11(13)17/h5H,4H2,1-3H3,(H,15,16). The number of amides is 2. The van der Waals surface area contributed by atoms with Crippen LogP contribution < -0.4 is 4.90 Å². The quantitative estimate of drug-likeness (QED) is 0.832. The predicted molar refractivity (Wildman–Crippen MR) is 66.9 cm³/mol. The van der Waals surface area contributed by atoms with E-state index in [4.69, 9.17) is 5.11 Å². The molecule has 1 aromatic rings. The molecule has 1 aromatic heterocycles. The van der Waals surface area contributed by atoms with Crippen LogP contribution in [0.4, 0.5) is 5.69 Å². The molecule has 0 aromatic carbocycles. The summed E-state index contributed by atoms with van der Waals surface area (Å²) >= 11 is 1.03. The number of aromatic carboxylic acids is 1. The second-order valence-electron chi connectivity index (χ2n) is 5.00. The Labute approximate surface area is 108 Å². The number of carbonyl (C=O) groups excluding carboxylic acids is 2. The van der Waals surface area contributed by atoms with Crippen LogP contribution in [0.1, 0.15) is 35.5 Å². The largest absolute Gasteiger partial charge is 0.477 e. The van der Waals surface area contributed by atoms with Crippen molar-refractivity contribution in [3.63, 3.8) is 0 Å². The van der Waals surface area contributed by atoms with Gasteiger partial charge in [0.15, 0.2) is 0 Å². The van der Waals surface area contributed by atoms with Gasteiger partial charge < -0.3 is 5.11 Å². The lowest BCUT2D eigenvalue weighted by molar-refractivity contribution is -0.124. The molecule has 0 aliphatic carbocycles. The molecule has 1 aliphatic rings. The fourth-order valence-electron chi connectivity index (χ4n) is 2.04. The summed E-state index contributed by atoms with van der Waals surface area (Å²) in [5.41, 5.74) is 0.103. The summed E-state index contributed by atoms with van der Waals surface area (Å²) in [6.07, 6.45) is 0.111. The summed E-state index contributed by atoms with van der Waals surface area (Å²) in [5, 5.41) is 10.7. The number of thiophene rings is 1. The zero-order chi connectivity index (χ0) is 13.7. The highest BCUT2D eigenvalue weighted by atomic mass is 32.1. The minimum Gasteiger partial charge on any atom is -0.477 e.